The lowest BCUT2D eigenvalue weighted by molar-refractivity contribution is -0.149. The van der Waals surface area contributed by atoms with Crippen LogP contribution in [0.1, 0.15) is 24.8 Å². The zero-order valence-corrected chi connectivity index (χ0v) is 19.3. The van der Waals surface area contributed by atoms with E-state index >= 15 is 0 Å². The molecule has 0 unspecified atom stereocenters. The number of halogens is 3. The molecule has 2 aromatic rings. The fraction of sp³-hybridized carbons (Fsp3) is 0.333. The van der Waals surface area contributed by atoms with Crippen molar-refractivity contribution in [2.75, 3.05) is 6.54 Å². The maximum absolute atomic E-state index is 14.6. The fourth-order valence-electron chi connectivity index (χ4n) is 4.21. The first-order valence-electron chi connectivity index (χ1n) is 9.56. The minimum absolute atomic E-state index is 0.0368. The van der Waals surface area contributed by atoms with Crippen LogP contribution in [0.3, 0.4) is 0 Å². The van der Waals surface area contributed by atoms with Gasteiger partial charge in [-0.2, -0.15) is 0 Å². The summed E-state index contributed by atoms with van der Waals surface area (Å²) in [6, 6.07) is 8.99. The van der Waals surface area contributed by atoms with Gasteiger partial charge in [-0.15, -0.1) is 0 Å². The lowest BCUT2D eigenvalue weighted by atomic mass is 9.93. The van der Waals surface area contributed by atoms with Crippen molar-refractivity contribution in [2.24, 2.45) is 0 Å². The van der Waals surface area contributed by atoms with Crippen molar-refractivity contribution in [3.05, 3.63) is 63.3 Å². The molecule has 0 radical (unpaired) electrons. The number of hydrogen-bond donors (Lipinski definition) is 1. The minimum atomic E-state index is -3.98. The molecular formula is C21H18BrClFNO5S. The van der Waals surface area contributed by atoms with Crippen LogP contribution in [0, 0.1) is 5.82 Å². The topological polar surface area (TPSA) is 91.8 Å². The van der Waals surface area contributed by atoms with Crippen LogP contribution in [0.5, 0.6) is 0 Å². The average Bonchev–Trinajstić information content (AvgIpc) is 3.37. The number of amides is 1. The van der Waals surface area contributed by atoms with Crippen molar-refractivity contribution in [1.82, 2.24) is 4.90 Å². The molecule has 2 fully saturated rings. The quantitative estimate of drug-likeness (QED) is 0.635. The summed E-state index contributed by atoms with van der Waals surface area (Å²) in [7, 11) is -3.98. The van der Waals surface area contributed by atoms with Crippen LogP contribution >= 0.6 is 27.5 Å². The summed E-state index contributed by atoms with van der Waals surface area (Å²) in [5.41, 5.74) is -0.969. The molecular weight excluding hydrogens is 513 g/mol. The number of carboxylic acids is 1. The Labute approximate surface area is 192 Å². The first-order valence-corrected chi connectivity index (χ1v) is 12.3. The van der Waals surface area contributed by atoms with Gasteiger partial charge >= 0.3 is 5.97 Å². The summed E-state index contributed by atoms with van der Waals surface area (Å²) in [6.07, 6.45) is 0.484. The third kappa shape index (κ3) is 3.76. The largest absolute Gasteiger partial charge is 0.480 e. The van der Waals surface area contributed by atoms with Crippen molar-refractivity contribution in [1.29, 1.82) is 0 Å². The molecule has 0 spiro atoms. The second-order valence-corrected chi connectivity index (χ2v) is 11.4. The zero-order chi connectivity index (χ0) is 22.6. The standard InChI is InChI=1S/C21H18BrClFNO5S/c22-12-5-6-14(16(24)9-12)21(7-8-21)20(28)25-11-13(10-17(25)19(26)27)31(29,30)18-4-2-1-3-15(18)23/h1-6,9,13,17H,7-8,10-11H2,(H,26,27)/t13-,17+/m1/s1. The molecule has 164 valence electrons. The zero-order valence-electron chi connectivity index (χ0n) is 16.1. The van der Waals surface area contributed by atoms with Crippen molar-refractivity contribution < 1.29 is 27.5 Å². The lowest BCUT2D eigenvalue weighted by Gasteiger charge is -2.27. The van der Waals surface area contributed by atoms with Crippen molar-refractivity contribution in [3.8, 4) is 0 Å². The Morgan fingerprint density at radius 2 is 1.87 bits per heavy atom. The first kappa shape index (κ1) is 22.2. The lowest BCUT2D eigenvalue weighted by Crippen LogP contribution is -2.46. The van der Waals surface area contributed by atoms with Crippen LogP contribution in [0.25, 0.3) is 0 Å². The number of carbonyl (C=O) groups is 2. The Balaban J connectivity index is 1.68. The molecule has 1 aliphatic heterocycles. The fourth-order valence-corrected chi connectivity index (χ4v) is 6.76. The van der Waals surface area contributed by atoms with Gasteiger partial charge in [0.2, 0.25) is 5.91 Å². The molecule has 31 heavy (non-hydrogen) atoms. The van der Waals surface area contributed by atoms with Gasteiger partial charge in [-0.05, 0) is 43.5 Å². The van der Waals surface area contributed by atoms with Crippen LogP contribution in [-0.2, 0) is 24.8 Å². The minimum Gasteiger partial charge on any atom is -0.480 e. The first-order chi connectivity index (χ1) is 14.6. The highest BCUT2D eigenvalue weighted by molar-refractivity contribution is 9.10. The molecule has 1 saturated heterocycles. The van der Waals surface area contributed by atoms with Gasteiger partial charge in [-0.25, -0.2) is 17.6 Å². The van der Waals surface area contributed by atoms with Gasteiger partial charge in [0, 0.05) is 16.6 Å². The Morgan fingerprint density at radius 1 is 1.19 bits per heavy atom. The smallest absolute Gasteiger partial charge is 0.326 e. The van der Waals surface area contributed by atoms with Gasteiger partial charge < -0.3 is 10.0 Å². The van der Waals surface area contributed by atoms with Crippen LogP contribution in [0.2, 0.25) is 5.02 Å². The number of sulfone groups is 1. The highest BCUT2D eigenvalue weighted by Crippen LogP contribution is 2.51. The van der Waals surface area contributed by atoms with E-state index in [1.54, 1.807) is 12.1 Å². The second kappa shape index (κ2) is 7.86. The summed E-state index contributed by atoms with van der Waals surface area (Å²) in [4.78, 5) is 26.3. The highest BCUT2D eigenvalue weighted by atomic mass is 79.9. The van der Waals surface area contributed by atoms with E-state index in [0.29, 0.717) is 17.3 Å². The molecule has 1 amide bonds. The molecule has 1 heterocycles. The van der Waals surface area contributed by atoms with Crippen molar-refractivity contribution >= 4 is 49.2 Å². The number of benzene rings is 2. The van der Waals surface area contributed by atoms with Crippen LogP contribution < -0.4 is 0 Å². The van der Waals surface area contributed by atoms with Gasteiger partial charge in [-0.3, -0.25) is 4.79 Å². The van der Waals surface area contributed by atoms with Gasteiger partial charge in [0.25, 0.3) is 0 Å². The van der Waals surface area contributed by atoms with Crippen molar-refractivity contribution in [3.63, 3.8) is 0 Å². The van der Waals surface area contributed by atoms with Gasteiger partial charge in [-0.1, -0.05) is 45.7 Å². The molecule has 2 atom stereocenters. The maximum atomic E-state index is 14.6. The monoisotopic (exact) mass is 529 g/mol. The Morgan fingerprint density at radius 3 is 2.45 bits per heavy atom. The summed E-state index contributed by atoms with van der Waals surface area (Å²) in [5, 5.41) is 8.61. The molecule has 2 aliphatic rings. The predicted molar refractivity (Wildman–Crippen MR) is 115 cm³/mol. The number of aliphatic carboxylic acids is 1. The normalized spacial score (nSPS) is 22.4. The Bertz CT molecular complexity index is 1180. The highest BCUT2D eigenvalue weighted by Gasteiger charge is 2.58. The maximum Gasteiger partial charge on any atom is 0.326 e. The number of carboxylic acid groups (broad SMARTS) is 1. The molecule has 1 aliphatic carbocycles. The van der Waals surface area contributed by atoms with E-state index in [4.69, 9.17) is 11.6 Å². The van der Waals surface area contributed by atoms with Crippen LogP contribution in [0.15, 0.2) is 51.8 Å². The summed E-state index contributed by atoms with van der Waals surface area (Å²) in [5.74, 6) is -2.41. The molecule has 6 nitrogen and oxygen atoms in total. The Hall–Kier alpha value is -1.97. The number of likely N-dealkylation sites (tertiary alicyclic amines) is 1. The molecule has 4 rings (SSSR count). The van der Waals surface area contributed by atoms with E-state index in [2.05, 4.69) is 15.9 Å². The predicted octanol–water partition coefficient (Wildman–Crippen LogP) is 3.80. The van der Waals surface area contributed by atoms with E-state index in [1.165, 1.54) is 30.3 Å². The van der Waals surface area contributed by atoms with E-state index in [9.17, 15) is 27.5 Å². The molecule has 1 N–H and O–H groups in total. The van der Waals surface area contributed by atoms with E-state index in [-0.39, 0.29) is 28.4 Å². The second-order valence-electron chi connectivity index (χ2n) is 7.85. The number of carbonyl (C=O) groups excluding carboxylic acids is 1. The SMILES string of the molecule is O=C(O)[C@@H]1C[C@@H](S(=O)(=O)c2ccccc2Cl)CN1C(=O)C1(c2ccc(Br)cc2F)CC1. The Kier molecular flexibility index (Phi) is 5.64. The van der Waals surface area contributed by atoms with Crippen LogP contribution in [0.4, 0.5) is 4.39 Å². The van der Waals surface area contributed by atoms with E-state index in [0.717, 1.165) is 4.90 Å². The van der Waals surface area contributed by atoms with Gasteiger partial charge in [0.1, 0.15) is 11.9 Å². The number of nitrogens with zero attached hydrogens (tertiary/aromatic N) is 1. The van der Waals surface area contributed by atoms with Gasteiger partial charge in [0.15, 0.2) is 9.84 Å². The molecule has 2 aromatic carbocycles. The third-order valence-corrected chi connectivity index (χ3v) is 9.12. The molecule has 1 saturated carbocycles. The summed E-state index contributed by atoms with van der Waals surface area (Å²) >= 11 is 9.24. The van der Waals surface area contributed by atoms with E-state index in [1.807, 2.05) is 0 Å². The molecule has 0 aromatic heterocycles. The summed E-state index contributed by atoms with van der Waals surface area (Å²) < 4.78 is 41.4. The average molecular weight is 531 g/mol. The van der Waals surface area contributed by atoms with E-state index < -0.39 is 44.2 Å². The molecule has 0 bridgehead atoms. The third-order valence-electron chi connectivity index (χ3n) is 6.00. The van der Waals surface area contributed by atoms with Crippen molar-refractivity contribution in [2.45, 2.75) is 40.9 Å². The molecule has 10 heteroatoms. The van der Waals surface area contributed by atoms with Crippen LogP contribution in [-0.4, -0.2) is 48.1 Å². The number of rotatable bonds is 5. The van der Waals surface area contributed by atoms with Gasteiger partial charge in [0.05, 0.1) is 20.6 Å². The summed E-state index contributed by atoms with van der Waals surface area (Å²) in [6.45, 7) is -0.288. The number of hydrogen-bond acceptors (Lipinski definition) is 4.